The van der Waals surface area contributed by atoms with Crippen LogP contribution in [0.4, 0.5) is 0 Å². The van der Waals surface area contributed by atoms with Gasteiger partial charge < -0.3 is 14.4 Å². The number of piperidine rings is 1. The van der Waals surface area contributed by atoms with E-state index < -0.39 is 0 Å². The second-order valence-corrected chi connectivity index (χ2v) is 9.04. The van der Waals surface area contributed by atoms with Gasteiger partial charge in [-0.25, -0.2) is 0 Å². The van der Waals surface area contributed by atoms with E-state index in [2.05, 4.69) is 6.58 Å². The van der Waals surface area contributed by atoms with Crippen LogP contribution in [-0.4, -0.2) is 42.3 Å². The summed E-state index contributed by atoms with van der Waals surface area (Å²) in [6.07, 6.45) is 16.4. The Morgan fingerprint density at radius 1 is 0.921 bits per heavy atom. The predicted octanol–water partition coefficient (Wildman–Crippen LogP) is 5.59. The summed E-state index contributed by atoms with van der Waals surface area (Å²) >= 11 is 0. The highest BCUT2D eigenvalue weighted by Gasteiger charge is 2.21. The van der Waals surface area contributed by atoms with E-state index in [-0.39, 0.29) is 30.2 Å². The number of rotatable bonds is 6. The molecule has 0 saturated carbocycles. The topological polar surface area (TPSA) is 72.9 Å². The molecule has 2 heterocycles. The van der Waals surface area contributed by atoms with Crippen molar-refractivity contribution in [3.8, 4) is 11.5 Å². The summed E-state index contributed by atoms with van der Waals surface area (Å²) in [5, 5.41) is 0. The fourth-order valence-electron chi connectivity index (χ4n) is 4.41. The summed E-state index contributed by atoms with van der Waals surface area (Å²) in [4.78, 5) is 36.9. The van der Waals surface area contributed by atoms with Crippen LogP contribution in [0.2, 0.25) is 0 Å². The minimum atomic E-state index is -0.224. The first kappa shape index (κ1) is 26.6. The number of fused-ring (bicyclic) bond motifs is 1. The quantitative estimate of drug-likeness (QED) is 0.220. The van der Waals surface area contributed by atoms with Crippen LogP contribution in [-0.2, 0) is 14.4 Å². The predicted molar refractivity (Wildman–Crippen MR) is 148 cm³/mol. The van der Waals surface area contributed by atoms with Gasteiger partial charge in [-0.05, 0) is 60.8 Å². The molecular weight excluding hydrogens is 478 g/mol. The number of allylic oxidation sites excluding steroid dienone is 7. The lowest BCUT2D eigenvalue weighted by molar-refractivity contribution is -0.126. The molecule has 6 nitrogen and oxygen atoms in total. The number of hydrogen-bond acceptors (Lipinski definition) is 5. The number of amides is 1. The van der Waals surface area contributed by atoms with Crippen molar-refractivity contribution in [3.63, 3.8) is 0 Å². The lowest BCUT2D eigenvalue weighted by Gasteiger charge is -2.25. The molecule has 2 aliphatic heterocycles. The molecule has 2 aromatic carbocycles. The maximum absolute atomic E-state index is 11.9. The third kappa shape index (κ3) is 7.07. The van der Waals surface area contributed by atoms with Gasteiger partial charge in [0.2, 0.25) is 12.7 Å². The average Bonchev–Trinajstić information content (AvgIpc) is 3.43. The van der Waals surface area contributed by atoms with Crippen molar-refractivity contribution < 1.29 is 23.9 Å². The fourth-order valence-corrected chi connectivity index (χ4v) is 4.41. The van der Waals surface area contributed by atoms with Gasteiger partial charge in [0.1, 0.15) is 0 Å². The van der Waals surface area contributed by atoms with Crippen LogP contribution < -0.4 is 9.47 Å². The summed E-state index contributed by atoms with van der Waals surface area (Å²) in [5.41, 5.74) is 2.47. The highest BCUT2D eigenvalue weighted by molar-refractivity contribution is 6.18. The van der Waals surface area contributed by atoms with E-state index in [1.165, 1.54) is 24.6 Å². The molecule has 0 bridgehead atoms. The molecule has 1 aliphatic carbocycles. The van der Waals surface area contributed by atoms with E-state index in [0.717, 1.165) is 48.6 Å². The first-order chi connectivity index (χ1) is 18.5. The minimum Gasteiger partial charge on any atom is -0.454 e. The van der Waals surface area contributed by atoms with Crippen LogP contribution in [0.25, 0.3) is 6.08 Å². The van der Waals surface area contributed by atoms with Crippen molar-refractivity contribution in [2.45, 2.75) is 25.2 Å². The SMILES string of the molecule is C=CC(C1=CC(=O)C=CC1=O)c1ccccc1.O=C(C=CC=Cc1ccc2c(c1)OCO2)N1CCCCC1. The van der Waals surface area contributed by atoms with Crippen molar-refractivity contribution in [3.05, 3.63) is 114 Å². The minimum absolute atomic E-state index is 0.102. The molecule has 5 rings (SSSR count). The summed E-state index contributed by atoms with van der Waals surface area (Å²) < 4.78 is 10.6. The molecule has 3 aliphatic rings. The Hall–Kier alpha value is -4.45. The first-order valence-corrected chi connectivity index (χ1v) is 12.7. The molecule has 1 unspecified atom stereocenters. The van der Waals surface area contributed by atoms with Crippen molar-refractivity contribution in [2.75, 3.05) is 19.9 Å². The smallest absolute Gasteiger partial charge is 0.246 e. The molecule has 1 atom stereocenters. The summed E-state index contributed by atoms with van der Waals surface area (Å²) in [6, 6.07) is 15.3. The van der Waals surface area contributed by atoms with Gasteiger partial charge in [-0.3, -0.25) is 14.4 Å². The zero-order valence-electron chi connectivity index (χ0n) is 21.3. The van der Waals surface area contributed by atoms with Gasteiger partial charge in [0, 0.05) is 30.7 Å². The van der Waals surface area contributed by atoms with Crippen LogP contribution in [0, 0.1) is 0 Å². The van der Waals surface area contributed by atoms with E-state index >= 15 is 0 Å². The monoisotopic (exact) mass is 509 g/mol. The van der Waals surface area contributed by atoms with E-state index in [0.29, 0.717) is 5.57 Å². The maximum Gasteiger partial charge on any atom is 0.246 e. The lowest BCUT2D eigenvalue weighted by atomic mass is 9.86. The Morgan fingerprint density at radius 3 is 2.45 bits per heavy atom. The highest BCUT2D eigenvalue weighted by atomic mass is 16.7. The lowest BCUT2D eigenvalue weighted by Crippen LogP contribution is -2.34. The number of hydrogen-bond donors (Lipinski definition) is 0. The molecule has 6 heteroatoms. The average molecular weight is 510 g/mol. The maximum atomic E-state index is 11.9. The van der Waals surface area contributed by atoms with E-state index in [4.69, 9.17) is 9.47 Å². The second-order valence-electron chi connectivity index (χ2n) is 9.04. The second kappa shape index (κ2) is 13.2. The van der Waals surface area contributed by atoms with E-state index in [1.54, 1.807) is 18.2 Å². The molecule has 194 valence electrons. The van der Waals surface area contributed by atoms with Gasteiger partial charge >= 0.3 is 0 Å². The molecule has 0 N–H and O–H groups in total. The van der Waals surface area contributed by atoms with Crippen LogP contribution in [0.3, 0.4) is 0 Å². The number of nitrogens with zero attached hydrogens (tertiary/aromatic N) is 1. The largest absolute Gasteiger partial charge is 0.454 e. The number of ketones is 2. The molecule has 1 fully saturated rings. The third-order valence-electron chi connectivity index (χ3n) is 6.41. The molecule has 2 aromatic rings. The molecule has 1 saturated heterocycles. The number of ether oxygens (including phenoxy) is 2. The summed E-state index contributed by atoms with van der Waals surface area (Å²) in [5.74, 6) is 1.15. The van der Waals surface area contributed by atoms with Crippen LogP contribution in [0.1, 0.15) is 36.3 Å². The Bertz CT molecular complexity index is 1300. The van der Waals surface area contributed by atoms with Gasteiger partial charge in [-0.15, -0.1) is 6.58 Å². The van der Waals surface area contributed by atoms with Gasteiger partial charge in [0.15, 0.2) is 23.1 Å². The molecule has 0 aromatic heterocycles. The Kier molecular flexibility index (Phi) is 9.24. The van der Waals surface area contributed by atoms with E-state index in [1.807, 2.05) is 65.6 Å². The molecule has 38 heavy (non-hydrogen) atoms. The van der Waals surface area contributed by atoms with Gasteiger partial charge in [0.25, 0.3) is 0 Å². The third-order valence-corrected chi connectivity index (χ3v) is 6.41. The summed E-state index contributed by atoms with van der Waals surface area (Å²) in [6.45, 7) is 5.80. The van der Waals surface area contributed by atoms with Crippen LogP contribution in [0.5, 0.6) is 11.5 Å². The molecule has 0 spiro atoms. The van der Waals surface area contributed by atoms with E-state index in [9.17, 15) is 14.4 Å². The van der Waals surface area contributed by atoms with Crippen LogP contribution in [0.15, 0.2) is 103 Å². The van der Waals surface area contributed by atoms with Crippen molar-refractivity contribution in [2.24, 2.45) is 0 Å². The highest BCUT2D eigenvalue weighted by Crippen LogP contribution is 2.32. The first-order valence-electron chi connectivity index (χ1n) is 12.7. The Morgan fingerprint density at radius 2 is 1.68 bits per heavy atom. The standard InChI is InChI=1S/C17H19NO3.C15H12O2/c19-17(18-10-4-1-5-11-18)7-3-2-6-14-8-9-15-16(12-14)21-13-20-15;1-2-13(11-6-4-3-5-7-11)14-10-12(16)8-9-15(14)17/h2-3,6-9,12H,1,4-5,10-11,13H2;2-10,13H,1H2. The van der Waals surface area contributed by atoms with Crippen molar-refractivity contribution in [1.82, 2.24) is 4.90 Å². The normalized spacial score (nSPS) is 17.3. The van der Waals surface area contributed by atoms with Gasteiger partial charge in [-0.1, -0.05) is 60.7 Å². The molecule has 0 radical (unpaired) electrons. The molecule has 1 amide bonds. The zero-order chi connectivity index (χ0) is 26.7. The number of benzene rings is 2. The molecular formula is C32H31NO5. The zero-order valence-corrected chi connectivity index (χ0v) is 21.3. The van der Waals surface area contributed by atoms with Crippen molar-refractivity contribution >= 4 is 23.5 Å². The fraction of sp³-hybridized carbons (Fsp3) is 0.219. The number of carbonyl (C=O) groups excluding carboxylic acids is 3. The number of likely N-dealkylation sites (tertiary alicyclic amines) is 1. The summed E-state index contributed by atoms with van der Waals surface area (Å²) in [7, 11) is 0. The number of carbonyl (C=O) groups is 3. The van der Waals surface area contributed by atoms with Gasteiger partial charge in [-0.2, -0.15) is 0 Å². The van der Waals surface area contributed by atoms with Crippen molar-refractivity contribution in [1.29, 1.82) is 0 Å². The Labute approximate surface area is 223 Å². The van der Waals surface area contributed by atoms with Crippen LogP contribution >= 0.6 is 0 Å². The van der Waals surface area contributed by atoms with Gasteiger partial charge in [0.05, 0.1) is 0 Å². The Balaban J connectivity index is 0.000000181.